The van der Waals surface area contributed by atoms with E-state index >= 15 is 0 Å². The maximum absolute atomic E-state index is 9.96. The SMILES string of the molecule is CC(C)=CCCC(C)CCOCC=O. The highest BCUT2D eigenvalue weighted by Gasteiger charge is 2.00. The van der Waals surface area contributed by atoms with Gasteiger partial charge in [-0.15, -0.1) is 0 Å². The molecule has 0 aromatic carbocycles. The van der Waals surface area contributed by atoms with E-state index in [1.165, 1.54) is 12.0 Å². The van der Waals surface area contributed by atoms with Gasteiger partial charge in [0.05, 0.1) is 0 Å². The molecule has 0 amide bonds. The van der Waals surface area contributed by atoms with E-state index in [0.717, 1.165) is 19.1 Å². The minimum atomic E-state index is 0.237. The van der Waals surface area contributed by atoms with E-state index in [-0.39, 0.29) is 6.61 Å². The van der Waals surface area contributed by atoms with Crippen molar-refractivity contribution in [2.24, 2.45) is 5.92 Å². The van der Waals surface area contributed by atoms with Gasteiger partial charge in [-0.25, -0.2) is 0 Å². The summed E-state index contributed by atoms with van der Waals surface area (Å²) in [5.41, 5.74) is 1.38. The minimum Gasteiger partial charge on any atom is -0.374 e. The quantitative estimate of drug-likeness (QED) is 0.340. The summed E-state index contributed by atoms with van der Waals surface area (Å²) in [4.78, 5) is 9.96. The zero-order valence-corrected chi connectivity index (χ0v) is 9.58. The highest BCUT2D eigenvalue weighted by molar-refractivity contribution is 5.50. The van der Waals surface area contributed by atoms with Crippen LogP contribution >= 0.6 is 0 Å². The molecule has 0 spiro atoms. The van der Waals surface area contributed by atoms with Crippen molar-refractivity contribution < 1.29 is 9.53 Å². The van der Waals surface area contributed by atoms with Crippen molar-refractivity contribution in [1.82, 2.24) is 0 Å². The second-order valence-corrected chi connectivity index (χ2v) is 3.99. The Morgan fingerprint density at radius 1 is 1.36 bits per heavy atom. The Morgan fingerprint density at radius 2 is 2.07 bits per heavy atom. The molecule has 0 saturated heterocycles. The minimum absolute atomic E-state index is 0.237. The molecule has 0 fully saturated rings. The van der Waals surface area contributed by atoms with Crippen molar-refractivity contribution in [1.29, 1.82) is 0 Å². The lowest BCUT2D eigenvalue weighted by Gasteiger charge is -2.09. The summed E-state index contributed by atoms with van der Waals surface area (Å²) >= 11 is 0. The number of ether oxygens (including phenoxy) is 1. The third kappa shape index (κ3) is 9.46. The molecule has 0 rings (SSSR count). The molecule has 0 aliphatic heterocycles. The van der Waals surface area contributed by atoms with Gasteiger partial charge in [0.15, 0.2) is 0 Å². The fraction of sp³-hybridized carbons (Fsp3) is 0.750. The van der Waals surface area contributed by atoms with E-state index in [1.54, 1.807) is 0 Å². The molecule has 0 aliphatic carbocycles. The Hall–Kier alpha value is -0.630. The molecule has 0 radical (unpaired) electrons. The van der Waals surface area contributed by atoms with Crippen LogP contribution in [-0.4, -0.2) is 19.5 Å². The zero-order chi connectivity index (χ0) is 10.8. The zero-order valence-electron chi connectivity index (χ0n) is 9.58. The molecular formula is C12H22O2. The van der Waals surface area contributed by atoms with Gasteiger partial charge in [0, 0.05) is 6.61 Å². The summed E-state index contributed by atoms with van der Waals surface area (Å²) in [5, 5.41) is 0. The van der Waals surface area contributed by atoms with Crippen molar-refractivity contribution in [3.8, 4) is 0 Å². The second kappa shape index (κ2) is 8.95. The van der Waals surface area contributed by atoms with Crippen molar-refractivity contribution in [2.45, 2.75) is 40.0 Å². The topological polar surface area (TPSA) is 26.3 Å². The maximum Gasteiger partial charge on any atom is 0.145 e. The normalized spacial score (nSPS) is 12.2. The van der Waals surface area contributed by atoms with Crippen LogP contribution in [0.4, 0.5) is 0 Å². The van der Waals surface area contributed by atoms with Gasteiger partial charge < -0.3 is 9.53 Å². The van der Waals surface area contributed by atoms with Gasteiger partial charge in [-0.1, -0.05) is 18.6 Å². The number of allylic oxidation sites excluding steroid dienone is 2. The predicted octanol–water partition coefficient (Wildman–Crippen LogP) is 2.97. The fourth-order valence-electron chi connectivity index (χ4n) is 1.22. The lowest BCUT2D eigenvalue weighted by Crippen LogP contribution is -2.03. The van der Waals surface area contributed by atoms with E-state index in [9.17, 15) is 4.79 Å². The van der Waals surface area contributed by atoms with E-state index in [2.05, 4.69) is 26.8 Å². The predicted molar refractivity (Wildman–Crippen MR) is 59.3 cm³/mol. The Morgan fingerprint density at radius 3 is 2.64 bits per heavy atom. The molecule has 14 heavy (non-hydrogen) atoms. The van der Waals surface area contributed by atoms with Crippen LogP contribution in [0.2, 0.25) is 0 Å². The van der Waals surface area contributed by atoms with Crippen LogP contribution in [0.3, 0.4) is 0 Å². The monoisotopic (exact) mass is 198 g/mol. The first kappa shape index (κ1) is 13.4. The van der Waals surface area contributed by atoms with Gasteiger partial charge in [0.25, 0.3) is 0 Å². The molecule has 0 heterocycles. The number of carbonyl (C=O) groups excluding carboxylic acids is 1. The van der Waals surface area contributed by atoms with Crippen LogP contribution in [0.15, 0.2) is 11.6 Å². The molecular weight excluding hydrogens is 176 g/mol. The van der Waals surface area contributed by atoms with Crippen LogP contribution < -0.4 is 0 Å². The summed E-state index contributed by atoms with van der Waals surface area (Å²) < 4.78 is 5.10. The fourth-order valence-corrected chi connectivity index (χ4v) is 1.22. The first-order valence-electron chi connectivity index (χ1n) is 5.31. The third-order valence-corrected chi connectivity index (χ3v) is 2.15. The average Bonchev–Trinajstić information content (AvgIpc) is 2.12. The van der Waals surface area contributed by atoms with E-state index in [1.807, 2.05) is 0 Å². The van der Waals surface area contributed by atoms with E-state index < -0.39 is 0 Å². The van der Waals surface area contributed by atoms with Crippen LogP contribution in [0.5, 0.6) is 0 Å². The smallest absolute Gasteiger partial charge is 0.145 e. The summed E-state index contributed by atoms with van der Waals surface area (Å²) in [7, 11) is 0. The number of aldehydes is 1. The Kier molecular flexibility index (Phi) is 8.54. The molecule has 1 unspecified atom stereocenters. The highest BCUT2D eigenvalue weighted by Crippen LogP contribution is 2.11. The molecule has 0 bridgehead atoms. The van der Waals surface area contributed by atoms with Gasteiger partial charge in [0.1, 0.15) is 12.9 Å². The Labute approximate surface area is 87.3 Å². The van der Waals surface area contributed by atoms with Crippen LogP contribution in [0.1, 0.15) is 40.0 Å². The summed E-state index contributed by atoms with van der Waals surface area (Å²) in [6.45, 7) is 7.41. The molecule has 0 aliphatic rings. The molecule has 0 N–H and O–H groups in total. The number of carbonyl (C=O) groups is 1. The lowest BCUT2D eigenvalue weighted by atomic mass is 10.0. The molecule has 0 aromatic rings. The molecule has 2 nitrogen and oxygen atoms in total. The number of hydrogen-bond donors (Lipinski definition) is 0. The van der Waals surface area contributed by atoms with Crippen LogP contribution in [0.25, 0.3) is 0 Å². The van der Waals surface area contributed by atoms with E-state index in [4.69, 9.17) is 4.74 Å². The van der Waals surface area contributed by atoms with Crippen LogP contribution in [-0.2, 0) is 9.53 Å². The summed E-state index contributed by atoms with van der Waals surface area (Å²) in [6.07, 6.45) is 6.47. The van der Waals surface area contributed by atoms with Crippen molar-refractivity contribution in [3.63, 3.8) is 0 Å². The first-order chi connectivity index (χ1) is 6.66. The van der Waals surface area contributed by atoms with Gasteiger partial charge in [-0.2, -0.15) is 0 Å². The van der Waals surface area contributed by atoms with Crippen molar-refractivity contribution >= 4 is 6.29 Å². The van der Waals surface area contributed by atoms with Crippen molar-refractivity contribution in [2.75, 3.05) is 13.2 Å². The number of rotatable bonds is 8. The summed E-state index contributed by atoms with van der Waals surface area (Å²) in [6, 6.07) is 0. The summed E-state index contributed by atoms with van der Waals surface area (Å²) in [5.74, 6) is 0.678. The van der Waals surface area contributed by atoms with Crippen LogP contribution in [0, 0.1) is 5.92 Å². The largest absolute Gasteiger partial charge is 0.374 e. The molecule has 82 valence electrons. The second-order valence-electron chi connectivity index (χ2n) is 3.99. The standard InChI is InChI=1S/C12H22O2/c1-11(2)5-4-6-12(3)7-9-14-10-8-13/h5,8,12H,4,6-7,9-10H2,1-3H3. The van der Waals surface area contributed by atoms with Gasteiger partial charge in [-0.3, -0.25) is 0 Å². The van der Waals surface area contributed by atoms with Gasteiger partial charge in [-0.05, 0) is 39.0 Å². The van der Waals surface area contributed by atoms with Crippen molar-refractivity contribution in [3.05, 3.63) is 11.6 Å². The Bertz CT molecular complexity index is 169. The van der Waals surface area contributed by atoms with Gasteiger partial charge in [0.2, 0.25) is 0 Å². The van der Waals surface area contributed by atoms with Gasteiger partial charge >= 0.3 is 0 Å². The molecule has 1 atom stereocenters. The maximum atomic E-state index is 9.96. The molecule has 0 saturated carbocycles. The van der Waals surface area contributed by atoms with E-state index in [0.29, 0.717) is 12.5 Å². The molecule has 0 aromatic heterocycles. The molecule has 2 heteroatoms. The third-order valence-electron chi connectivity index (χ3n) is 2.15. The first-order valence-corrected chi connectivity index (χ1v) is 5.31. The number of hydrogen-bond acceptors (Lipinski definition) is 2. The average molecular weight is 198 g/mol. The lowest BCUT2D eigenvalue weighted by molar-refractivity contribution is -0.111. The highest BCUT2D eigenvalue weighted by atomic mass is 16.5. The Balaban J connectivity index is 3.32.